The Balaban J connectivity index is 0.638. The molecular weight excluding hydrogens is 1010 g/mol. The van der Waals surface area contributed by atoms with Crippen LogP contribution in [0.1, 0.15) is 144 Å². The van der Waals surface area contributed by atoms with Crippen LogP contribution in [-0.4, -0.2) is 128 Å². The molecule has 0 unspecified atom stereocenters. The highest BCUT2D eigenvalue weighted by molar-refractivity contribution is 6.09. The van der Waals surface area contributed by atoms with Gasteiger partial charge in [-0.25, -0.2) is 14.4 Å². The molecule has 15 nitrogen and oxygen atoms in total. The number of imide groups is 1. The van der Waals surface area contributed by atoms with E-state index in [1.165, 1.54) is 30.9 Å². The second kappa shape index (κ2) is 21.8. The molecule has 5 aromatic rings. The number of amides is 5. The SMILES string of the molecule is CC(C)n1cnc2cc(-c3ccc4c(c3)N(C3CC(N5CCCCC5)C3)C(=O)C43CCN(C(=O)C4CCN(CC5CCC(C(=O)N6CCc7cc([C@H]8CCC(=O)NC8=O)ccc7C6)CC5)CC4)CC3)nc(Nc3ccccc3F)c21. The van der Waals surface area contributed by atoms with E-state index in [4.69, 9.17) is 9.97 Å². The molecular formula is C64H77FN10O5. The standard InChI is InChI=1S/C64H77FN10O5/c1-40(2)74-39-66-55-36-54(68-59(58(55)74)67-53-9-5-4-8-52(53)65)46-16-18-51-56(33-46)75(49-34-48(35-49)71-25-6-3-7-26-71)63(80)64(51)23-30-72(31-24-64)61(78)43-20-27-70(28-21-43)37-41-10-12-42(13-11-41)62(79)73-29-22-44-32-45(14-15-47(44)38-73)50-17-19-57(76)69-60(50)77/h4-5,8-9,14-16,18,32-33,36,39-43,48-50H,3,6-7,10-13,17,19-31,34-35,37-38H2,1-2H3,(H,67,68)(H,69,76,77)/t41?,42?,48?,49?,50-/m1/s1. The molecule has 420 valence electrons. The highest BCUT2D eigenvalue weighted by atomic mass is 19.1. The zero-order valence-electron chi connectivity index (χ0n) is 46.6. The van der Waals surface area contributed by atoms with E-state index in [2.05, 4.69) is 79.0 Å². The average Bonchev–Trinajstić information content (AvgIpc) is 4.16. The third-order valence-electron chi connectivity index (χ3n) is 20.1. The van der Waals surface area contributed by atoms with E-state index in [-0.39, 0.29) is 65.2 Å². The molecule has 80 heavy (non-hydrogen) atoms. The van der Waals surface area contributed by atoms with Crippen LogP contribution in [0.15, 0.2) is 73.1 Å². The fourth-order valence-electron chi connectivity index (χ4n) is 15.3. The summed E-state index contributed by atoms with van der Waals surface area (Å²) in [5.74, 6) is 0.681. The number of fused-ring (bicyclic) bond motifs is 4. The van der Waals surface area contributed by atoms with Crippen LogP contribution in [0.25, 0.3) is 22.3 Å². The number of pyridine rings is 1. The molecule has 3 aromatic carbocycles. The van der Waals surface area contributed by atoms with Crippen molar-refractivity contribution >= 4 is 57.8 Å². The van der Waals surface area contributed by atoms with Crippen LogP contribution in [-0.2, 0) is 42.4 Å². The summed E-state index contributed by atoms with van der Waals surface area (Å²) >= 11 is 0. The van der Waals surface area contributed by atoms with Gasteiger partial charge in [0.05, 0.1) is 34.6 Å². The molecule has 8 heterocycles. The minimum Gasteiger partial charge on any atom is -0.342 e. The van der Waals surface area contributed by atoms with Crippen molar-refractivity contribution in [3.05, 3.63) is 101 Å². The summed E-state index contributed by atoms with van der Waals surface area (Å²) in [5, 5.41) is 5.78. The van der Waals surface area contributed by atoms with Crippen LogP contribution >= 0.6 is 0 Å². The molecule has 6 aliphatic heterocycles. The normalized spacial score (nSPS) is 25.7. The maximum atomic E-state index is 15.3. The maximum Gasteiger partial charge on any atom is 0.238 e. The fraction of sp³-hybridized carbons (Fsp3) is 0.547. The maximum absolute atomic E-state index is 15.3. The number of imidazole rings is 1. The van der Waals surface area contributed by atoms with Crippen LogP contribution in [0.5, 0.6) is 0 Å². The summed E-state index contributed by atoms with van der Waals surface area (Å²) < 4.78 is 17.2. The van der Waals surface area contributed by atoms with Crippen molar-refractivity contribution < 1.29 is 28.4 Å². The van der Waals surface area contributed by atoms with Gasteiger partial charge in [0.2, 0.25) is 29.5 Å². The van der Waals surface area contributed by atoms with Gasteiger partial charge in [-0.1, -0.05) is 48.9 Å². The van der Waals surface area contributed by atoms with Gasteiger partial charge in [0.25, 0.3) is 0 Å². The van der Waals surface area contributed by atoms with Crippen LogP contribution < -0.4 is 15.5 Å². The molecule has 16 heteroatoms. The lowest BCUT2D eigenvalue weighted by Crippen LogP contribution is -2.58. The quantitative estimate of drug-likeness (QED) is 0.122. The number of rotatable bonds is 11. The number of likely N-dealkylation sites (tertiary alicyclic amines) is 3. The number of aromatic nitrogens is 3. The first kappa shape index (κ1) is 52.8. The number of hydrogen-bond donors (Lipinski definition) is 2. The van der Waals surface area contributed by atoms with E-state index in [0.29, 0.717) is 81.0 Å². The van der Waals surface area contributed by atoms with Gasteiger partial charge in [0, 0.05) is 80.4 Å². The molecule has 13 rings (SSSR count). The number of hydrogen-bond acceptors (Lipinski definition) is 10. The number of halogens is 1. The Kier molecular flexibility index (Phi) is 14.4. The molecule has 1 spiro atoms. The number of para-hydroxylation sites is 1. The van der Waals surface area contributed by atoms with Crippen molar-refractivity contribution in [3.8, 4) is 11.3 Å². The van der Waals surface area contributed by atoms with Gasteiger partial charge < -0.3 is 34.4 Å². The Hall–Kier alpha value is -6.52. The van der Waals surface area contributed by atoms with Crippen LogP contribution in [0.2, 0.25) is 0 Å². The molecule has 0 radical (unpaired) electrons. The predicted octanol–water partition coefficient (Wildman–Crippen LogP) is 9.41. The van der Waals surface area contributed by atoms with E-state index in [9.17, 15) is 19.2 Å². The van der Waals surface area contributed by atoms with Crippen molar-refractivity contribution in [1.82, 2.24) is 39.5 Å². The van der Waals surface area contributed by atoms with E-state index >= 15 is 9.18 Å². The first-order chi connectivity index (χ1) is 38.9. The van der Waals surface area contributed by atoms with E-state index < -0.39 is 5.41 Å². The number of carbonyl (C=O) groups excluding carboxylic acids is 5. The number of nitrogens with one attached hydrogen (secondary N) is 2. The van der Waals surface area contributed by atoms with E-state index in [0.717, 1.165) is 129 Å². The highest BCUT2D eigenvalue weighted by Crippen LogP contribution is 2.52. The minimum atomic E-state index is -0.705. The average molecular weight is 1090 g/mol. The highest BCUT2D eigenvalue weighted by Gasteiger charge is 2.56. The van der Waals surface area contributed by atoms with Gasteiger partial charge in [-0.3, -0.25) is 29.3 Å². The molecule has 6 fully saturated rings. The number of nitrogens with zero attached hydrogens (tertiary/aromatic N) is 8. The lowest BCUT2D eigenvalue weighted by atomic mass is 9.73. The number of piperidine rings is 4. The molecule has 4 saturated heterocycles. The van der Waals surface area contributed by atoms with E-state index in [1.54, 1.807) is 18.2 Å². The summed E-state index contributed by atoms with van der Waals surface area (Å²) in [5.41, 5.74) is 8.05. The predicted molar refractivity (Wildman–Crippen MR) is 306 cm³/mol. The third kappa shape index (κ3) is 9.89. The Bertz CT molecular complexity index is 3210. The zero-order chi connectivity index (χ0) is 54.8. The molecule has 2 saturated carbocycles. The van der Waals surface area contributed by atoms with Crippen molar-refractivity contribution in [2.75, 3.05) is 62.6 Å². The number of anilines is 3. The van der Waals surface area contributed by atoms with Crippen molar-refractivity contribution in [2.24, 2.45) is 17.8 Å². The van der Waals surface area contributed by atoms with Crippen molar-refractivity contribution in [1.29, 1.82) is 0 Å². The van der Waals surface area contributed by atoms with Crippen molar-refractivity contribution in [3.63, 3.8) is 0 Å². The number of benzene rings is 3. The monoisotopic (exact) mass is 1080 g/mol. The van der Waals surface area contributed by atoms with Crippen LogP contribution in [0, 0.1) is 23.6 Å². The molecule has 2 aromatic heterocycles. The molecule has 8 aliphatic rings. The molecule has 2 N–H and O–H groups in total. The third-order valence-corrected chi connectivity index (χ3v) is 20.1. The Morgan fingerprint density at radius 2 is 1.51 bits per heavy atom. The Morgan fingerprint density at radius 1 is 0.762 bits per heavy atom. The molecule has 5 amide bonds. The molecule has 0 bridgehead atoms. The Labute approximate surface area is 469 Å². The summed E-state index contributed by atoms with van der Waals surface area (Å²) in [7, 11) is 0. The lowest BCUT2D eigenvalue weighted by molar-refractivity contribution is -0.140. The van der Waals surface area contributed by atoms with Gasteiger partial charge in [0.15, 0.2) is 5.82 Å². The van der Waals surface area contributed by atoms with Gasteiger partial charge in [-0.15, -0.1) is 0 Å². The summed E-state index contributed by atoms with van der Waals surface area (Å²) in [6.45, 7) is 11.7. The molecule has 2 aliphatic carbocycles. The van der Waals surface area contributed by atoms with Gasteiger partial charge in [0.1, 0.15) is 11.3 Å². The van der Waals surface area contributed by atoms with Gasteiger partial charge >= 0.3 is 0 Å². The number of carbonyl (C=O) groups is 5. The van der Waals surface area contributed by atoms with Gasteiger partial charge in [-0.2, -0.15) is 0 Å². The lowest BCUT2D eigenvalue weighted by Gasteiger charge is -2.48. The first-order valence-corrected chi connectivity index (χ1v) is 30.2. The van der Waals surface area contributed by atoms with Gasteiger partial charge in [-0.05, 0) is 182 Å². The van der Waals surface area contributed by atoms with Crippen LogP contribution in [0.4, 0.5) is 21.6 Å². The second-order valence-electron chi connectivity index (χ2n) is 25.1. The summed E-state index contributed by atoms with van der Waals surface area (Å²) in [6, 6.07) is 21.9. The summed E-state index contributed by atoms with van der Waals surface area (Å²) in [4.78, 5) is 89.2. The largest absolute Gasteiger partial charge is 0.342 e. The van der Waals surface area contributed by atoms with Crippen LogP contribution in [0.3, 0.4) is 0 Å². The zero-order valence-corrected chi connectivity index (χ0v) is 46.6. The summed E-state index contributed by atoms with van der Waals surface area (Å²) in [6.07, 6.45) is 15.9. The molecule has 1 atom stereocenters. The first-order valence-electron chi connectivity index (χ1n) is 30.2. The fourth-order valence-corrected chi connectivity index (χ4v) is 15.3. The van der Waals surface area contributed by atoms with Crippen molar-refractivity contribution in [2.45, 2.75) is 153 Å². The Morgan fingerprint density at radius 3 is 2.26 bits per heavy atom. The smallest absolute Gasteiger partial charge is 0.238 e. The van der Waals surface area contributed by atoms with E-state index in [1.807, 2.05) is 23.4 Å². The topological polar surface area (TPSA) is 156 Å². The second-order valence-corrected chi connectivity index (χ2v) is 25.1. The minimum absolute atomic E-state index is 0.0193.